The van der Waals surface area contributed by atoms with E-state index in [1.165, 1.54) is 12.8 Å². The van der Waals surface area contributed by atoms with Gasteiger partial charge in [-0.2, -0.15) is 0 Å². The van der Waals surface area contributed by atoms with E-state index >= 15 is 0 Å². The molecule has 0 aromatic carbocycles. The Morgan fingerprint density at radius 2 is 2.33 bits per heavy atom. The van der Waals surface area contributed by atoms with Crippen LogP contribution in [-0.2, 0) is 9.53 Å². The topological polar surface area (TPSA) is 50.4 Å². The monoisotopic (exact) mass is 214 g/mol. The molecule has 2 atom stereocenters. The predicted octanol–water partition coefficient (Wildman–Crippen LogP) is 0.670. The standard InChI is InChI=1S/C11H22N2O2/c1-9(12-2)11(14)13-7-6-10-5-3-4-8-15-10/h9-10,12H,3-8H2,1-2H3,(H,13,14). The van der Waals surface area contributed by atoms with Crippen LogP contribution in [0.5, 0.6) is 0 Å². The number of amides is 1. The van der Waals surface area contributed by atoms with Crippen molar-refractivity contribution >= 4 is 5.91 Å². The maximum atomic E-state index is 11.4. The van der Waals surface area contributed by atoms with Gasteiger partial charge < -0.3 is 15.4 Å². The molecule has 0 saturated carbocycles. The molecule has 0 aromatic heterocycles. The lowest BCUT2D eigenvalue weighted by Crippen LogP contribution is -2.41. The van der Waals surface area contributed by atoms with Crippen molar-refractivity contribution in [3.63, 3.8) is 0 Å². The fourth-order valence-corrected chi connectivity index (χ4v) is 1.68. The van der Waals surface area contributed by atoms with Crippen LogP contribution >= 0.6 is 0 Å². The summed E-state index contributed by atoms with van der Waals surface area (Å²) in [5, 5.41) is 5.81. The van der Waals surface area contributed by atoms with E-state index in [0.717, 1.165) is 26.0 Å². The third-order valence-corrected chi connectivity index (χ3v) is 2.87. The lowest BCUT2D eigenvalue weighted by atomic mass is 10.1. The highest BCUT2D eigenvalue weighted by atomic mass is 16.5. The summed E-state index contributed by atoms with van der Waals surface area (Å²) in [5.41, 5.74) is 0. The molecule has 0 aliphatic carbocycles. The number of nitrogens with one attached hydrogen (secondary N) is 2. The van der Waals surface area contributed by atoms with Crippen LogP contribution in [0.3, 0.4) is 0 Å². The van der Waals surface area contributed by atoms with E-state index < -0.39 is 0 Å². The van der Waals surface area contributed by atoms with Gasteiger partial charge in [-0.25, -0.2) is 0 Å². The van der Waals surface area contributed by atoms with Crippen molar-refractivity contribution in [2.24, 2.45) is 0 Å². The molecule has 1 amide bonds. The summed E-state index contributed by atoms with van der Waals surface area (Å²) in [5.74, 6) is 0.0632. The number of carbonyl (C=O) groups excluding carboxylic acids is 1. The minimum absolute atomic E-state index is 0.0632. The largest absolute Gasteiger partial charge is 0.378 e. The number of likely N-dealkylation sites (N-methyl/N-ethyl adjacent to an activating group) is 1. The number of ether oxygens (including phenoxy) is 1. The second-order valence-corrected chi connectivity index (χ2v) is 4.08. The van der Waals surface area contributed by atoms with Gasteiger partial charge in [0, 0.05) is 13.2 Å². The van der Waals surface area contributed by atoms with Crippen LogP contribution in [0.1, 0.15) is 32.6 Å². The van der Waals surface area contributed by atoms with Gasteiger partial charge in [0.15, 0.2) is 0 Å². The Kier molecular flexibility index (Phi) is 5.65. The van der Waals surface area contributed by atoms with Gasteiger partial charge in [0.25, 0.3) is 0 Å². The fraction of sp³-hybridized carbons (Fsp3) is 0.909. The Hall–Kier alpha value is -0.610. The molecule has 1 aliphatic heterocycles. The van der Waals surface area contributed by atoms with E-state index in [4.69, 9.17) is 4.74 Å². The van der Waals surface area contributed by atoms with Gasteiger partial charge in [-0.3, -0.25) is 4.79 Å². The zero-order chi connectivity index (χ0) is 11.1. The van der Waals surface area contributed by atoms with E-state index in [1.807, 2.05) is 6.92 Å². The van der Waals surface area contributed by atoms with Crippen molar-refractivity contribution < 1.29 is 9.53 Å². The zero-order valence-corrected chi connectivity index (χ0v) is 9.71. The molecular formula is C11H22N2O2. The zero-order valence-electron chi connectivity index (χ0n) is 9.71. The maximum absolute atomic E-state index is 11.4. The summed E-state index contributed by atoms with van der Waals surface area (Å²) in [6, 6.07) is -0.114. The molecule has 1 heterocycles. The quantitative estimate of drug-likeness (QED) is 0.707. The average molecular weight is 214 g/mol. The molecule has 88 valence electrons. The first-order chi connectivity index (χ1) is 7.24. The second kappa shape index (κ2) is 6.80. The molecule has 0 spiro atoms. The Balaban J connectivity index is 2.07. The van der Waals surface area contributed by atoms with E-state index in [1.54, 1.807) is 7.05 Å². The third-order valence-electron chi connectivity index (χ3n) is 2.87. The molecule has 1 fully saturated rings. The van der Waals surface area contributed by atoms with Crippen molar-refractivity contribution in [3.05, 3.63) is 0 Å². The van der Waals surface area contributed by atoms with E-state index in [-0.39, 0.29) is 11.9 Å². The Morgan fingerprint density at radius 1 is 1.53 bits per heavy atom. The molecule has 0 aromatic rings. The Morgan fingerprint density at radius 3 is 2.93 bits per heavy atom. The minimum Gasteiger partial charge on any atom is -0.378 e. The summed E-state index contributed by atoms with van der Waals surface area (Å²) in [6.45, 7) is 3.45. The molecule has 2 N–H and O–H groups in total. The third kappa shape index (κ3) is 4.62. The van der Waals surface area contributed by atoms with Gasteiger partial charge in [-0.15, -0.1) is 0 Å². The van der Waals surface area contributed by atoms with Gasteiger partial charge in [-0.1, -0.05) is 0 Å². The van der Waals surface area contributed by atoms with E-state index in [2.05, 4.69) is 10.6 Å². The van der Waals surface area contributed by atoms with Crippen molar-refractivity contribution in [1.29, 1.82) is 0 Å². The smallest absolute Gasteiger partial charge is 0.236 e. The van der Waals surface area contributed by atoms with Crippen LogP contribution < -0.4 is 10.6 Å². The number of rotatable bonds is 5. The SMILES string of the molecule is CNC(C)C(=O)NCCC1CCCCO1. The second-order valence-electron chi connectivity index (χ2n) is 4.08. The van der Waals surface area contributed by atoms with Gasteiger partial charge >= 0.3 is 0 Å². The summed E-state index contributed by atoms with van der Waals surface area (Å²) in [4.78, 5) is 11.4. The minimum atomic E-state index is -0.114. The maximum Gasteiger partial charge on any atom is 0.236 e. The van der Waals surface area contributed by atoms with Crippen LogP contribution in [0.2, 0.25) is 0 Å². The molecule has 4 heteroatoms. The summed E-state index contributed by atoms with van der Waals surface area (Å²) < 4.78 is 5.58. The van der Waals surface area contributed by atoms with Gasteiger partial charge in [-0.05, 0) is 39.7 Å². The summed E-state index contributed by atoms with van der Waals surface area (Å²) in [7, 11) is 1.79. The van der Waals surface area contributed by atoms with Gasteiger partial charge in [0.05, 0.1) is 12.1 Å². The van der Waals surface area contributed by atoms with E-state index in [0.29, 0.717) is 6.10 Å². The van der Waals surface area contributed by atoms with Crippen molar-refractivity contribution in [1.82, 2.24) is 10.6 Å². The average Bonchev–Trinajstić information content (AvgIpc) is 2.29. The van der Waals surface area contributed by atoms with Crippen LogP contribution in [0, 0.1) is 0 Å². The van der Waals surface area contributed by atoms with Crippen molar-refractivity contribution in [2.75, 3.05) is 20.2 Å². The van der Waals surface area contributed by atoms with Gasteiger partial charge in [0.2, 0.25) is 5.91 Å². The first-order valence-corrected chi connectivity index (χ1v) is 5.80. The van der Waals surface area contributed by atoms with Crippen molar-refractivity contribution in [3.8, 4) is 0 Å². The highest BCUT2D eigenvalue weighted by Gasteiger charge is 2.14. The Labute approximate surface area is 91.8 Å². The van der Waals surface area contributed by atoms with Crippen molar-refractivity contribution in [2.45, 2.75) is 44.8 Å². The lowest BCUT2D eigenvalue weighted by Gasteiger charge is -2.22. The summed E-state index contributed by atoms with van der Waals surface area (Å²) >= 11 is 0. The molecule has 0 radical (unpaired) electrons. The number of carbonyl (C=O) groups is 1. The molecule has 4 nitrogen and oxygen atoms in total. The van der Waals surface area contributed by atoms with Gasteiger partial charge in [0.1, 0.15) is 0 Å². The normalized spacial score (nSPS) is 23.5. The molecule has 15 heavy (non-hydrogen) atoms. The molecule has 1 saturated heterocycles. The van der Waals surface area contributed by atoms with E-state index in [9.17, 15) is 4.79 Å². The fourth-order valence-electron chi connectivity index (χ4n) is 1.68. The van der Waals surface area contributed by atoms with Crippen LogP contribution in [0.15, 0.2) is 0 Å². The first kappa shape index (κ1) is 12.5. The lowest BCUT2D eigenvalue weighted by molar-refractivity contribution is -0.122. The van der Waals surface area contributed by atoms with Crippen LogP contribution in [0.25, 0.3) is 0 Å². The summed E-state index contributed by atoms with van der Waals surface area (Å²) in [6.07, 6.45) is 4.86. The van der Waals surface area contributed by atoms with Crippen LogP contribution in [0.4, 0.5) is 0 Å². The predicted molar refractivity (Wildman–Crippen MR) is 59.7 cm³/mol. The Bertz CT molecular complexity index is 191. The molecule has 0 bridgehead atoms. The number of hydrogen-bond acceptors (Lipinski definition) is 3. The highest BCUT2D eigenvalue weighted by molar-refractivity contribution is 5.81. The number of hydrogen-bond donors (Lipinski definition) is 2. The molecule has 2 unspecified atom stereocenters. The molecule has 1 rings (SSSR count). The molecular weight excluding hydrogens is 192 g/mol. The molecule has 1 aliphatic rings. The van der Waals surface area contributed by atoms with Crippen LogP contribution in [-0.4, -0.2) is 38.3 Å². The highest BCUT2D eigenvalue weighted by Crippen LogP contribution is 2.14. The first-order valence-electron chi connectivity index (χ1n) is 5.80.